The van der Waals surface area contributed by atoms with Crippen LogP contribution in [0.25, 0.3) is 0 Å². The minimum absolute atomic E-state index is 0.0101. The third kappa shape index (κ3) is 5.05. The average molecular weight is 322 g/mol. The summed E-state index contributed by atoms with van der Waals surface area (Å²) in [6, 6.07) is 3.67. The van der Waals surface area contributed by atoms with E-state index in [0.29, 0.717) is 13.1 Å². The van der Waals surface area contributed by atoms with Gasteiger partial charge in [-0.25, -0.2) is 4.79 Å². The van der Waals surface area contributed by atoms with Crippen molar-refractivity contribution in [3.05, 3.63) is 39.4 Å². The van der Waals surface area contributed by atoms with Crippen molar-refractivity contribution in [1.29, 1.82) is 0 Å². The molecule has 23 heavy (non-hydrogen) atoms. The average Bonchev–Trinajstić information content (AvgIpc) is 2.55. The topological polar surface area (TPSA) is 89.8 Å². The fraction of sp³-hybridized carbons (Fsp3) is 0.500. The number of esters is 1. The first-order chi connectivity index (χ1) is 10.9. The molecule has 0 N–H and O–H groups in total. The number of rotatable bonds is 8. The fourth-order valence-electron chi connectivity index (χ4n) is 2.11. The highest BCUT2D eigenvalue weighted by Gasteiger charge is 2.21. The molecule has 0 aliphatic carbocycles. The number of carbonyl (C=O) groups is 2. The maximum Gasteiger partial charge on any atom is 0.338 e. The predicted molar refractivity (Wildman–Crippen MR) is 85.5 cm³/mol. The van der Waals surface area contributed by atoms with Gasteiger partial charge >= 0.3 is 5.97 Å². The summed E-state index contributed by atoms with van der Waals surface area (Å²) in [5.74, 6) is -1.00. The van der Waals surface area contributed by atoms with Crippen LogP contribution in [0.2, 0.25) is 0 Å². The summed E-state index contributed by atoms with van der Waals surface area (Å²) in [6.45, 7) is 6.73. The zero-order chi connectivity index (χ0) is 17.4. The Labute approximate surface area is 135 Å². The van der Waals surface area contributed by atoms with Gasteiger partial charge in [-0.3, -0.25) is 14.9 Å². The Morgan fingerprint density at radius 3 is 2.35 bits per heavy atom. The molecule has 0 fully saturated rings. The van der Waals surface area contributed by atoms with Crippen LogP contribution in [-0.4, -0.2) is 41.4 Å². The standard InChI is InChI=1S/C16H22N2O5/c1-4-7-8-17(5-2)15(19)12-9-13(16(20)23-6-3)11-14(10-12)18(21)22/h9-11H,4-8H2,1-3H3. The Hall–Kier alpha value is -2.44. The molecule has 0 spiro atoms. The van der Waals surface area contributed by atoms with Crippen LogP contribution in [0.3, 0.4) is 0 Å². The Morgan fingerprint density at radius 2 is 1.83 bits per heavy atom. The first kappa shape index (κ1) is 18.6. The van der Waals surface area contributed by atoms with E-state index >= 15 is 0 Å². The molecule has 0 aliphatic rings. The Bertz CT molecular complexity index is 586. The zero-order valence-electron chi connectivity index (χ0n) is 13.7. The fourth-order valence-corrected chi connectivity index (χ4v) is 2.11. The molecule has 126 valence electrons. The van der Waals surface area contributed by atoms with Gasteiger partial charge in [0.1, 0.15) is 0 Å². The highest BCUT2D eigenvalue weighted by Crippen LogP contribution is 2.20. The molecule has 0 atom stereocenters. The van der Waals surface area contributed by atoms with Crippen molar-refractivity contribution < 1.29 is 19.2 Å². The summed E-state index contributed by atoms with van der Waals surface area (Å²) in [5, 5.41) is 11.0. The molecule has 7 heteroatoms. The second-order valence-corrected chi connectivity index (χ2v) is 4.98. The molecule has 0 unspecified atom stereocenters. The number of nitro groups is 1. The van der Waals surface area contributed by atoms with Crippen molar-refractivity contribution in [1.82, 2.24) is 4.90 Å². The van der Waals surface area contributed by atoms with Crippen LogP contribution < -0.4 is 0 Å². The number of non-ortho nitro benzene ring substituents is 1. The first-order valence-corrected chi connectivity index (χ1v) is 7.70. The van der Waals surface area contributed by atoms with Crippen molar-refractivity contribution in [2.45, 2.75) is 33.6 Å². The third-order valence-corrected chi connectivity index (χ3v) is 3.34. The molecule has 0 saturated carbocycles. The van der Waals surface area contributed by atoms with Crippen molar-refractivity contribution in [2.24, 2.45) is 0 Å². The van der Waals surface area contributed by atoms with Gasteiger partial charge < -0.3 is 9.64 Å². The van der Waals surface area contributed by atoms with Crippen LogP contribution in [0.1, 0.15) is 54.3 Å². The molecule has 1 aromatic carbocycles. The summed E-state index contributed by atoms with van der Waals surface area (Å²) < 4.78 is 4.86. The van der Waals surface area contributed by atoms with E-state index in [9.17, 15) is 19.7 Å². The molecule has 7 nitrogen and oxygen atoms in total. The molecule has 0 radical (unpaired) electrons. The molecule has 0 aliphatic heterocycles. The number of benzene rings is 1. The number of amides is 1. The van der Waals surface area contributed by atoms with Gasteiger partial charge in [-0.15, -0.1) is 0 Å². The van der Waals surface area contributed by atoms with E-state index in [1.165, 1.54) is 12.1 Å². The summed E-state index contributed by atoms with van der Waals surface area (Å²) in [4.78, 5) is 36.4. The predicted octanol–water partition coefficient (Wildman–Crippen LogP) is 3.03. The molecule has 0 heterocycles. The molecule has 0 aromatic heterocycles. The van der Waals surface area contributed by atoms with Crippen LogP contribution in [0, 0.1) is 10.1 Å². The smallest absolute Gasteiger partial charge is 0.338 e. The Morgan fingerprint density at radius 1 is 1.17 bits per heavy atom. The number of hydrogen-bond donors (Lipinski definition) is 0. The van der Waals surface area contributed by atoms with Gasteiger partial charge in [-0.05, 0) is 26.3 Å². The van der Waals surface area contributed by atoms with Crippen LogP contribution in [-0.2, 0) is 4.74 Å². The monoisotopic (exact) mass is 322 g/mol. The lowest BCUT2D eigenvalue weighted by molar-refractivity contribution is -0.384. The van der Waals surface area contributed by atoms with Crippen LogP contribution >= 0.6 is 0 Å². The van der Waals surface area contributed by atoms with Gasteiger partial charge in [0, 0.05) is 30.8 Å². The highest BCUT2D eigenvalue weighted by atomic mass is 16.6. The largest absolute Gasteiger partial charge is 0.462 e. The van der Waals surface area contributed by atoms with Gasteiger partial charge in [-0.1, -0.05) is 13.3 Å². The molecule has 0 saturated heterocycles. The summed E-state index contributed by atoms with van der Waals surface area (Å²) in [7, 11) is 0. The second kappa shape index (κ2) is 8.87. The molecule has 1 rings (SSSR count). The van der Waals surface area contributed by atoms with Crippen molar-refractivity contribution in [3.63, 3.8) is 0 Å². The normalized spacial score (nSPS) is 10.2. The van der Waals surface area contributed by atoms with E-state index in [4.69, 9.17) is 4.74 Å². The zero-order valence-corrected chi connectivity index (χ0v) is 13.7. The first-order valence-electron chi connectivity index (χ1n) is 7.70. The van der Waals surface area contributed by atoms with Crippen LogP contribution in [0.4, 0.5) is 5.69 Å². The van der Waals surface area contributed by atoms with E-state index in [2.05, 4.69) is 0 Å². The van der Waals surface area contributed by atoms with E-state index in [0.717, 1.165) is 18.9 Å². The van der Waals surface area contributed by atoms with Gasteiger partial charge in [0.25, 0.3) is 11.6 Å². The molecular formula is C16H22N2O5. The number of unbranched alkanes of at least 4 members (excludes halogenated alkanes) is 1. The maximum absolute atomic E-state index is 12.5. The molecule has 0 bridgehead atoms. The molecule has 1 amide bonds. The lowest BCUT2D eigenvalue weighted by Crippen LogP contribution is -2.32. The van der Waals surface area contributed by atoms with E-state index in [1.807, 2.05) is 13.8 Å². The van der Waals surface area contributed by atoms with Crippen molar-refractivity contribution >= 4 is 17.6 Å². The van der Waals surface area contributed by atoms with Crippen LogP contribution in [0.5, 0.6) is 0 Å². The minimum atomic E-state index is -0.679. The third-order valence-electron chi connectivity index (χ3n) is 3.34. The molecule has 1 aromatic rings. The van der Waals surface area contributed by atoms with E-state index in [1.54, 1.807) is 11.8 Å². The SMILES string of the molecule is CCCCN(CC)C(=O)c1cc(C(=O)OCC)cc([N+](=O)[O-])c1. The lowest BCUT2D eigenvalue weighted by atomic mass is 10.1. The van der Waals surface area contributed by atoms with Crippen LogP contribution in [0.15, 0.2) is 18.2 Å². The van der Waals surface area contributed by atoms with Gasteiger partial charge in [0.15, 0.2) is 0 Å². The Balaban J connectivity index is 3.20. The van der Waals surface area contributed by atoms with Gasteiger partial charge in [-0.2, -0.15) is 0 Å². The maximum atomic E-state index is 12.5. The summed E-state index contributed by atoms with van der Waals surface area (Å²) >= 11 is 0. The number of carbonyl (C=O) groups excluding carboxylic acids is 2. The number of nitro benzene ring substituents is 1. The number of hydrogen-bond acceptors (Lipinski definition) is 5. The second-order valence-electron chi connectivity index (χ2n) is 4.98. The van der Waals surface area contributed by atoms with Crippen molar-refractivity contribution in [2.75, 3.05) is 19.7 Å². The highest BCUT2D eigenvalue weighted by molar-refractivity contribution is 5.99. The summed E-state index contributed by atoms with van der Waals surface area (Å²) in [5.41, 5.74) is -0.165. The molecular weight excluding hydrogens is 300 g/mol. The van der Waals surface area contributed by atoms with E-state index < -0.39 is 10.9 Å². The Kier molecular flexibility index (Phi) is 7.18. The van der Waals surface area contributed by atoms with Gasteiger partial charge in [0.2, 0.25) is 0 Å². The minimum Gasteiger partial charge on any atom is -0.462 e. The number of ether oxygens (including phenoxy) is 1. The number of nitrogens with zero attached hydrogens (tertiary/aromatic N) is 2. The quantitative estimate of drug-likeness (QED) is 0.417. The van der Waals surface area contributed by atoms with E-state index in [-0.39, 0.29) is 29.3 Å². The van der Waals surface area contributed by atoms with Gasteiger partial charge in [0.05, 0.1) is 17.1 Å². The van der Waals surface area contributed by atoms with Crippen molar-refractivity contribution in [3.8, 4) is 0 Å². The summed E-state index contributed by atoms with van der Waals surface area (Å²) in [6.07, 6.45) is 1.78. The lowest BCUT2D eigenvalue weighted by Gasteiger charge is -2.20.